The number of allylic oxidation sites excluding steroid dienone is 1. The Labute approximate surface area is 202 Å². The van der Waals surface area contributed by atoms with Crippen LogP contribution in [0, 0.1) is 5.92 Å². The van der Waals surface area contributed by atoms with E-state index in [1.165, 1.54) is 11.8 Å². The standard InChI is InChI=1S/C23H24Cl2N4O2S/c1-4-12-29-22(16-8-10-17(11-9-16)31-13-15(2)3)27-28-23(29)32-14-20(30)26-19-7-5-6-18(24)21(19)25/h4-11,15H,1,12-14H2,2-3H3,(H,26,30). The number of carbonyl (C=O) groups is 1. The second-order valence-corrected chi connectivity index (χ2v) is 9.10. The molecule has 0 bridgehead atoms. The Morgan fingerprint density at radius 3 is 2.66 bits per heavy atom. The molecular formula is C23H24Cl2N4O2S. The molecule has 32 heavy (non-hydrogen) atoms. The number of thioether (sulfide) groups is 1. The summed E-state index contributed by atoms with van der Waals surface area (Å²) in [6.07, 6.45) is 1.77. The number of rotatable bonds is 10. The van der Waals surface area contributed by atoms with Crippen molar-refractivity contribution in [2.45, 2.75) is 25.5 Å². The number of aromatic nitrogens is 3. The lowest BCUT2D eigenvalue weighted by Gasteiger charge is -2.11. The van der Waals surface area contributed by atoms with Gasteiger partial charge in [-0.2, -0.15) is 0 Å². The summed E-state index contributed by atoms with van der Waals surface area (Å²) in [6, 6.07) is 12.8. The highest BCUT2D eigenvalue weighted by Gasteiger charge is 2.16. The highest BCUT2D eigenvalue weighted by molar-refractivity contribution is 7.99. The fraction of sp³-hybridized carbons (Fsp3) is 0.261. The fourth-order valence-corrected chi connectivity index (χ4v) is 3.88. The summed E-state index contributed by atoms with van der Waals surface area (Å²) in [7, 11) is 0. The molecule has 0 aliphatic heterocycles. The monoisotopic (exact) mass is 490 g/mol. The van der Waals surface area contributed by atoms with Crippen molar-refractivity contribution in [2.24, 2.45) is 5.92 Å². The SMILES string of the molecule is C=CCn1c(SCC(=O)Nc2cccc(Cl)c2Cl)nnc1-c1ccc(OCC(C)C)cc1. The third-order valence-electron chi connectivity index (χ3n) is 4.28. The summed E-state index contributed by atoms with van der Waals surface area (Å²) in [5.74, 6) is 1.88. The van der Waals surface area contributed by atoms with Gasteiger partial charge in [0.2, 0.25) is 5.91 Å². The van der Waals surface area contributed by atoms with Crippen molar-refractivity contribution >= 4 is 46.6 Å². The van der Waals surface area contributed by atoms with Gasteiger partial charge in [0.25, 0.3) is 0 Å². The molecule has 0 atom stereocenters. The minimum Gasteiger partial charge on any atom is -0.493 e. The first-order valence-corrected chi connectivity index (χ1v) is 11.8. The second-order valence-electron chi connectivity index (χ2n) is 7.37. The highest BCUT2D eigenvalue weighted by atomic mass is 35.5. The van der Waals surface area contributed by atoms with Crippen molar-refractivity contribution in [3.63, 3.8) is 0 Å². The summed E-state index contributed by atoms with van der Waals surface area (Å²) in [5, 5.41) is 12.7. The van der Waals surface area contributed by atoms with E-state index in [1.807, 2.05) is 28.8 Å². The molecule has 1 N–H and O–H groups in total. The number of halogens is 2. The van der Waals surface area contributed by atoms with Crippen LogP contribution in [0.25, 0.3) is 11.4 Å². The zero-order chi connectivity index (χ0) is 23.1. The summed E-state index contributed by atoms with van der Waals surface area (Å²) in [4.78, 5) is 12.4. The van der Waals surface area contributed by atoms with Crippen LogP contribution in [0.2, 0.25) is 10.0 Å². The van der Waals surface area contributed by atoms with Crippen molar-refractivity contribution < 1.29 is 9.53 Å². The Bertz CT molecular complexity index is 1080. The van der Waals surface area contributed by atoms with Crippen molar-refractivity contribution in [1.29, 1.82) is 0 Å². The normalized spacial score (nSPS) is 10.9. The van der Waals surface area contributed by atoms with Gasteiger partial charge in [0, 0.05) is 12.1 Å². The van der Waals surface area contributed by atoms with Crippen LogP contribution in [0.5, 0.6) is 5.75 Å². The molecule has 1 amide bonds. The predicted molar refractivity (Wildman–Crippen MR) is 132 cm³/mol. The molecule has 3 aromatic rings. The zero-order valence-electron chi connectivity index (χ0n) is 17.8. The van der Waals surface area contributed by atoms with Crippen molar-refractivity contribution in [2.75, 3.05) is 17.7 Å². The van der Waals surface area contributed by atoms with Crippen LogP contribution in [-0.4, -0.2) is 33.0 Å². The maximum Gasteiger partial charge on any atom is 0.234 e. The number of benzene rings is 2. The molecule has 0 aliphatic rings. The third kappa shape index (κ3) is 6.28. The molecule has 0 unspecified atom stereocenters. The summed E-state index contributed by atoms with van der Waals surface area (Å²) in [6.45, 7) is 9.21. The van der Waals surface area contributed by atoms with Crippen LogP contribution in [0.15, 0.2) is 60.3 Å². The summed E-state index contributed by atoms with van der Waals surface area (Å²) in [5.41, 5.74) is 1.37. The Hall–Kier alpha value is -2.48. The van der Waals surface area contributed by atoms with E-state index in [2.05, 4.69) is 35.9 Å². The molecule has 0 spiro atoms. The average Bonchev–Trinajstić information content (AvgIpc) is 3.17. The molecule has 0 saturated carbocycles. The lowest BCUT2D eigenvalue weighted by atomic mass is 10.2. The Kier molecular flexibility index (Phi) is 8.61. The number of amides is 1. The first kappa shape index (κ1) is 24.2. The number of carbonyl (C=O) groups excluding carboxylic acids is 1. The Morgan fingerprint density at radius 1 is 1.22 bits per heavy atom. The zero-order valence-corrected chi connectivity index (χ0v) is 20.2. The smallest absolute Gasteiger partial charge is 0.234 e. The minimum absolute atomic E-state index is 0.139. The van der Waals surface area contributed by atoms with Gasteiger partial charge in [0.05, 0.1) is 28.1 Å². The van der Waals surface area contributed by atoms with Crippen LogP contribution in [0.1, 0.15) is 13.8 Å². The number of hydrogen-bond acceptors (Lipinski definition) is 5. The maximum absolute atomic E-state index is 12.4. The molecule has 1 heterocycles. The van der Waals surface area contributed by atoms with E-state index in [1.54, 1.807) is 24.3 Å². The number of ether oxygens (including phenoxy) is 1. The lowest BCUT2D eigenvalue weighted by Crippen LogP contribution is -2.15. The van der Waals surface area contributed by atoms with Gasteiger partial charge in [-0.15, -0.1) is 16.8 Å². The molecular weight excluding hydrogens is 467 g/mol. The van der Waals surface area contributed by atoms with E-state index < -0.39 is 0 Å². The van der Waals surface area contributed by atoms with E-state index in [0.29, 0.717) is 45.8 Å². The molecule has 6 nitrogen and oxygen atoms in total. The second kappa shape index (κ2) is 11.4. The van der Waals surface area contributed by atoms with Gasteiger partial charge < -0.3 is 10.1 Å². The number of nitrogens with zero attached hydrogens (tertiary/aromatic N) is 3. The highest BCUT2D eigenvalue weighted by Crippen LogP contribution is 2.30. The Morgan fingerprint density at radius 2 is 1.97 bits per heavy atom. The van der Waals surface area contributed by atoms with Crippen molar-refractivity contribution in [3.05, 3.63) is 65.2 Å². The molecule has 2 aromatic carbocycles. The largest absolute Gasteiger partial charge is 0.493 e. The molecule has 0 saturated heterocycles. The molecule has 0 aliphatic carbocycles. The van der Waals surface area contributed by atoms with Crippen LogP contribution >= 0.6 is 35.0 Å². The quantitative estimate of drug-likeness (QED) is 0.270. The predicted octanol–water partition coefficient (Wildman–Crippen LogP) is 6.20. The fourth-order valence-electron chi connectivity index (χ4n) is 2.78. The number of nitrogens with one attached hydrogen (secondary N) is 1. The molecule has 9 heteroatoms. The lowest BCUT2D eigenvalue weighted by molar-refractivity contribution is -0.113. The Balaban J connectivity index is 1.69. The summed E-state index contributed by atoms with van der Waals surface area (Å²) >= 11 is 13.4. The maximum atomic E-state index is 12.4. The molecule has 3 rings (SSSR count). The van der Waals surface area contributed by atoms with Crippen molar-refractivity contribution in [3.8, 4) is 17.1 Å². The topological polar surface area (TPSA) is 69.0 Å². The van der Waals surface area contributed by atoms with Crippen molar-refractivity contribution in [1.82, 2.24) is 14.8 Å². The number of anilines is 1. The van der Waals surface area contributed by atoms with E-state index in [0.717, 1.165) is 11.3 Å². The van der Waals surface area contributed by atoms with Crippen LogP contribution in [0.3, 0.4) is 0 Å². The molecule has 0 fully saturated rings. The van der Waals surface area contributed by atoms with Gasteiger partial charge in [0.1, 0.15) is 5.75 Å². The van der Waals surface area contributed by atoms with Gasteiger partial charge in [-0.05, 0) is 42.3 Å². The first-order chi connectivity index (χ1) is 15.4. The average molecular weight is 491 g/mol. The van der Waals surface area contributed by atoms with Crippen LogP contribution < -0.4 is 10.1 Å². The van der Waals surface area contributed by atoms with Crippen LogP contribution in [0.4, 0.5) is 5.69 Å². The first-order valence-electron chi connectivity index (χ1n) is 10.0. The van der Waals surface area contributed by atoms with Gasteiger partial charge in [-0.1, -0.05) is 61.0 Å². The molecule has 0 radical (unpaired) electrons. The molecule has 1 aromatic heterocycles. The number of hydrogen-bond donors (Lipinski definition) is 1. The van der Waals surface area contributed by atoms with Crippen LogP contribution in [-0.2, 0) is 11.3 Å². The molecule has 168 valence electrons. The van der Waals surface area contributed by atoms with Gasteiger partial charge in [-0.25, -0.2) is 0 Å². The van der Waals surface area contributed by atoms with E-state index in [-0.39, 0.29) is 11.7 Å². The van der Waals surface area contributed by atoms with E-state index in [4.69, 9.17) is 27.9 Å². The van der Waals surface area contributed by atoms with Gasteiger partial charge in [0.15, 0.2) is 11.0 Å². The third-order valence-corrected chi connectivity index (χ3v) is 6.07. The summed E-state index contributed by atoms with van der Waals surface area (Å²) < 4.78 is 7.66. The van der Waals surface area contributed by atoms with Gasteiger partial charge >= 0.3 is 0 Å². The van der Waals surface area contributed by atoms with E-state index >= 15 is 0 Å². The van der Waals surface area contributed by atoms with Gasteiger partial charge in [-0.3, -0.25) is 9.36 Å². The van der Waals surface area contributed by atoms with E-state index in [9.17, 15) is 4.79 Å². The minimum atomic E-state index is -0.222.